The Hall–Kier alpha value is -1.89. The van der Waals surface area contributed by atoms with Crippen molar-refractivity contribution in [1.29, 1.82) is 0 Å². The zero-order valence-electron chi connectivity index (χ0n) is 13.2. The number of thioether (sulfide) groups is 1. The van der Waals surface area contributed by atoms with Gasteiger partial charge in [-0.25, -0.2) is 4.39 Å². The summed E-state index contributed by atoms with van der Waals surface area (Å²) in [4.78, 5) is 38.1. The Morgan fingerprint density at radius 2 is 1.96 bits per heavy atom. The first kappa shape index (κ1) is 17.0. The highest BCUT2D eigenvalue weighted by molar-refractivity contribution is 8.14. The van der Waals surface area contributed by atoms with Gasteiger partial charge in [-0.2, -0.15) is 0 Å². The van der Waals surface area contributed by atoms with Crippen LogP contribution < -0.4 is 5.32 Å². The van der Waals surface area contributed by atoms with Crippen LogP contribution in [0, 0.1) is 11.7 Å². The third kappa shape index (κ3) is 3.77. The van der Waals surface area contributed by atoms with E-state index in [1.54, 1.807) is 4.90 Å². The van der Waals surface area contributed by atoms with Gasteiger partial charge in [0.1, 0.15) is 5.82 Å². The number of likely N-dealkylation sites (tertiary alicyclic amines) is 1. The molecule has 2 aliphatic heterocycles. The van der Waals surface area contributed by atoms with Gasteiger partial charge in [0.15, 0.2) is 0 Å². The first-order valence-corrected chi connectivity index (χ1v) is 9.05. The summed E-state index contributed by atoms with van der Waals surface area (Å²) >= 11 is 1.25. The number of rotatable bonds is 3. The first-order valence-electron chi connectivity index (χ1n) is 8.06. The van der Waals surface area contributed by atoms with Gasteiger partial charge in [-0.05, 0) is 43.5 Å². The smallest absolute Gasteiger partial charge is 0.253 e. The maximum Gasteiger partial charge on any atom is 0.253 e. The minimum atomic E-state index is -0.398. The Balaban J connectivity index is 1.61. The van der Waals surface area contributed by atoms with E-state index in [0.717, 1.165) is 12.2 Å². The van der Waals surface area contributed by atoms with E-state index in [2.05, 4.69) is 5.32 Å². The Bertz CT molecular complexity index is 650. The van der Waals surface area contributed by atoms with Crippen LogP contribution in [0.15, 0.2) is 24.3 Å². The van der Waals surface area contributed by atoms with Crippen molar-refractivity contribution in [3.63, 3.8) is 0 Å². The second-order valence-electron chi connectivity index (χ2n) is 6.11. The molecule has 2 amide bonds. The minimum absolute atomic E-state index is 0.0124. The van der Waals surface area contributed by atoms with E-state index in [4.69, 9.17) is 0 Å². The maximum absolute atomic E-state index is 13.0. The zero-order chi connectivity index (χ0) is 17.1. The van der Waals surface area contributed by atoms with Crippen molar-refractivity contribution >= 4 is 28.7 Å². The maximum atomic E-state index is 13.0. The Morgan fingerprint density at radius 1 is 1.21 bits per heavy atom. The SMILES string of the molecule is O=C(N[C@H]1CCSC1=O)[C@H]1CCCN(C(=O)c2ccc(F)cc2)C1. The first-order chi connectivity index (χ1) is 11.5. The van der Waals surface area contributed by atoms with Crippen molar-refractivity contribution in [2.75, 3.05) is 18.8 Å². The van der Waals surface area contributed by atoms with Crippen molar-refractivity contribution in [1.82, 2.24) is 10.2 Å². The number of nitrogens with zero attached hydrogens (tertiary/aromatic N) is 1. The number of carbonyl (C=O) groups excluding carboxylic acids is 3. The molecule has 7 heteroatoms. The van der Waals surface area contributed by atoms with Gasteiger partial charge in [0.25, 0.3) is 5.91 Å². The predicted molar refractivity (Wildman–Crippen MR) is 89.0 cm³/mol. The van der Waals surface area contributed by atoms with Crippen LogP contribution in [0.5, 0.6) is 0 Å². The lowest BCUT2D eigenvalue weighted by molar-refractivity contribution is -0.129. The Labute approximate surface area is 144 Å². The summed E-state index contributed by atoms with van der Waals surface area (Å²) in [6.07, 6.45) is 2.10. The van der Waals surface area contributed by atoms with Gasteiger partial charge in [-0.1, -0.05) is 11.8 Å². The van der Waals surface area contributed by atoms with Crippen molar-refractivity contribution in [3.8, 4) is 0 Å². The molecule has 0 spiro atoms. The summed E-state index contributed by atoms with van der Waals surface area (Å²) in [5, 5.41) is 2.82. The minimum Gasteiger partial charge on any atom is -0.345 e. The molecule has 0 bridgehead atoms. The van der Waals surface area contributed by atoms with Crippen LogP contribution in [0.2, 0.25) is 0 Å². The number of hydrogen-bond acceptors (Lipinski definition) is 4. The molecule has 0 radical (unpaired) electrons. The summed E-state index contributed by atoms with van der Waals surface area (Å²) in [7, 11) is 0. The number of amides is 2. The second-order valence-corrected chi connectivity index (χ2v) is 7.21. The number of hydrogen-bond donors (Lipinski definition) is 1. The van der Waals surface area contributed by atoms with Crippen molar-refractivity contribution in [2.24, 2.45) is 5.92 Å². The Kier molecular flexibility index (Phi) is 5.18. The number of nitrogens with one attached hydrogen (secondary N) is 1. The van der Waals surface area contributed by atoms with Gasteiger partial charge in [-0.15, -0.1) is 0 Å². The molecule has 2 aliphatic rings. The fraction of sp³-hybridized carbons (Fsp3) is 0.471. The van der Waals surface area contributed by atoms with E-state index in [-0.39, 0.29) is 28.7 Å². The van der Waals surface area contributed by atoms with Gasteiger partial charge in [-0.3, -0.25) is 14.4 Å². The lowest BCUT2D eigenvalue weighted by Crippen LogP contribution is -2.48. The zero-order valence-corrected chi connectivity index (χ0v) is 14.0. The quantitative estimate of drug-likeness (QED) is 0.903. The van der Waals surface area contributed by atoms with E-state index in [0.29, 0.717) is 31.5 Å². The van der Waals surface area contributed by atoms with Gasteiger partial charge in [0.05, 0.1) is 12.0 Å². The highest BCUT2D eigenvalue weighted by Gasteiger charge is 2.33. The molecule has 3 rings (SSSR count). The van der Waals surface area contributed by atoms with Gasteiger partial charge in [0.2, 0.25) is 11.0 Å². The van der Waals surface area contributed by atoms with E-state index in [1.807, 2.05) is 0 Å². The van der Waals surface area contributed by atoms with Crippen LogP contribution in [0.1, 0.15) is 29.6 Å². The fourth-order valence-corrected chi connectivity index (χ4v) is 4.00. The van der Waals surface area contributed by atoms with Crippen LogP contribution in [-0.2, 0) is 9.59 Å². The molecule has 1 aromatic carbocycles. The molecular weight excluding hydrogens is 331 g/mol. The summed E-state index contributed by atoms with van der Waals surface area (Å²) in [5.74, 6) is -0.306. The van der Waals surface area contributed by atoms with Crippen LogP contribution in [0.4, 0.5) is 4.39 Å². The highest BCUT2D eigenvalue weighted by atomic mass is 32.2. The third-order valence-electron chi connectivity index (χ3n) is 4.42. The summed E-state index contributed by atoms with van der Waals surface area (Å²) in [6.45, 7) is 0.911. The molecule has 24 heavy (non-hydrogen) atoms. The molecule has 5 nitrogen and oxygen atoms in total. The van der Waals surface area contributed by atoms with Crippen LogP contribution in [0.3, 0.4) is 0 Å². The molecule has 2 fully saturated rings. The predicted octanol–water partition coefficient (Wildman–Crippen LogP) is 1.83. The van der Waals surface area contributed by atoms with Gasteiger partial charge < -0.3 is 10.2 Å². The van der Waals surface area contributed by atoms with Crippen molar-refractivity contribution in [2.45, 2.75) is 25.3 Å². The average molecular weight is 350 g/mol. The van der Waals surface area contributed by atoms with Crippen LogP contribution in [0.25, 0.3) is 0 Å². The molecule has 2 saturated heterocycles. The number of halogens is 1. The lowest BCUT2D eigenvalue weighted by atomic mass is 9.96. The molecule has 0 aromatic heterocycles. The number of piperidine rings is 1. The van der Waals surface area contributed by atoms with E-state index >= 15 is 0 Å². The van der Waals surface area contributed by atoms with E-state index in [9.17, 15) is 18.8 Å². The number of benzene rings is 1. The average Bonchev–Trinajstić information content (AvgIpc) is 3.00. The fourth-order valence-electron chi connectivity index (χ4n) is 3.07. The molecule has 0 unspecified atom stereocenters. The molecular formula is C17H19FN2O3S. The van der Waals surface area contributed by atoms with Crippen LogP contribution >= 0.6 is 11.8 Å². The van der Waals surface area contributed by atoms with Gasteiger partial charge in [0, 0.05) is 24.4 Å². The molecule has 1 N–H and O–H groups in total. The summed E-state index contributed by atoms with van der Waals surface area (Å²) in [5.41, 5.74) is 0.417. The molecule has 2 atom stereocenters. The largest absolute Gasteiger partial charge is 0.345 e. The molecule has 2 heterocycles. The molecule has 128 valence electrons. The normalized spacial score (nSPS) is 24.0. The molecule has 1 aromatic rings. The molecule has 0 aliphatic carbocycles. The monoisotopic (exact) mass is 350 g/mol. The standard InChI is InChI=1S/C17H19FN2O3S/c18-13-5-3-11(4-6-13)16(22)20-8-1-2-12(10-20)15(21)19-14-7-9-24-17(14)23/h3-6,12,14H,1-2,7-10H2,(H,19,21)/t12-,14-/m0/s1. The van der Waals surface area contributed by atoms with E-state index in [1.165, 1.54) is 36.0 Å². The Morgan fingerprint density at radius 3 is 2.62 bits per heavy atom. The summed E-state index contributed by atoms with van der Waals surface area (Å²) in [6, 6.07) is 5.02. The van der Waals surface area contributed by atoms with E-state index < -0.39 is 6.04 Å². The lowest BCUT2D eigenvalue weighted by Gasteiger charge is -2.32. The van der Waals surface area contributed by atoms with Gasteiger partial charge >= 0.3 is 0 Å². The highest BCUT2D eigenvalue weighted by Crippen LogP contribution is 2.22. The third-order valence-corrected chi connectivity index (χ3v) is 5.43. The second kappa shape index (κ2) is 7.34. The molecule has 0 saturated carbocycles. The van der Waals surface area contributed by atoms with Crippen LogP contribution in [-0.4, -0.2) is 46.7 Å². The van der Waals surface area contributed by atoms with Crippen molar-refractivity contribution in [3.05, 3.63) is 35.6 Å². The summed E-state index contributed by atoms with van der Waals surface area (Å²) < 4.78 is 13.0. The number of carbonyl (C=O) groups is 3. The topological polar surface area (TPSA) is 66.5 Å². The van der Waals surface area contributed by atoms with Crippen molar-refractivity contribution < 1.29 is 18.8 Å².